The molecular weight excluding hydrogens is 407 g/mol. The number of allylic oxidation sites excluding steroid dienone is 1. The molecule has 0 bridgehead atoms. The fraction of sp³-hybridized carbons (Fsp3) is 0.259. The van der Waals surface area contributed by atoms with E-state index in [1.54, 1.807) is 17.2 Å². The third-order valence-electron chi connectivity index (χ3n) is 7.19. The molecule has 30 heavy (non-hydrogen) atoms. The summed E-state index contributed by atoms with van der Waals surface area (Å²) in [7, 11) is 0. The Morgan fingerprint density at radius 1 is 0.933 bits per heavy atom. The van der Waals surface area contributed by atoms with E-state index in [2.05, 4.69) is 48.6 Å². The minimum Gasteiger partial charge on any atom is -0.195 e. The van der Waals surface area contributed by atoms with Crippen LogP contribution in [0.2, 0.25) is 0 Å². The number of hydrogen-bond donors (Lipinski definition) is 0. The van der Waals surface area contributed by atoms with E-state index in [1.807, 2.05) is 11.3 Å². The van der Waals surface area contributed by atoms with Crippen molar-refractivity contribution in [2.45, 2.75) is 43.9 Å². The Kier molecular flexibility index (Phi) is 3.71. The molecule has 4 aromatic rings. The summed E-state index contributed by atoms with van der Waals surface area (Å²) in [4.78, 5) is 2.69. The highest BCUT2D eigenvalue weighted by atomic mass is 32.1. The Morgan fingerprint density at radius 3 is 2.83 bits per heavy atom. The highest BCUT2D eigenvalue weighted by Crippen LogP contribution is 2.59. The average Bonchev–Trinajstić information content (AvgIpc) is 3.44. The van der Waals surface area contributed by atoms with Gasteiger partial charge in [-0.3, -0.25) is 0 Å². The first-order valence-corrected chi connectivity index (χ1v) is 12.5. The van der Waals surface area contributed by atoms with Crippen molar-refractivity contribution in [3.63, 3.8) is 0 Å². The summed E-state index contributed by atoms with van der Waals surface area (Å²) in [5, 5.41) is 1.31. The van der Waals surface area contributed by atoms with Crippen molar-refractivity contribution in [1.82, 2.24) is 0 Å². The Hall–Kier alpha value is -2.23. The summed E-state index contributed by atoms with van der Waals surface area (Å²) in [5.74, 6) is 0.772. The Morgan fingerprint density at radius 2 is 1.87 bits per heavy atom. The summed E-state index contributed by atoms with van der Waals surface area (Å²) < 4.78 is 15.3. The van der Waals surface area contributed by atoms with Crippen LogP contribution < -0.4 is 0 Å². The molecule has 0 saturated heterocycles. The summed E-state index contributed by atoms with van der Waals surface area (Å²) in [6.45, 7) is 0. The summed E-state index contributed by atoms with van der Waals surface area (Å²) in [6, 6.07) is 15.8. The number of rotatable bonds is 3. The highest BCUT2D eigenvalue weighted by Gasteiger charge is 2.42. The van der Waals surface area contributed by atoms with Crippen LogP contribution in [0.3, 0.4) is 0 Å². The average molecular weight is 429 g/mol. The van der Waals surface area contributed by atoms with Crippen LogP contribution in [0.5, 0.6) is 0 Å². The van der Waals surface area contributed by atoms with Crippen molar-refractivity contribution in [3.05, 3.63) is 96.8 Å². The number of halogens is 1. The molecule has 2 aromatic carbocycles. The van der Waals surface area contributed by atoms with Crippen LogP contribution in [-0.4, -0.2) is 0 Å². The van der Waals surface area contributed by atoms with E-state index in [-0.39, 0.29) is 5.13 Å². The molecule has 3 heteroatoms. The van der Waals surface area contributed by atoms with E-state index in [9.17, 15) is 4.39 Å². The van der Waals surface area contributed by atoms with Crippen LogP contribution in [-0.2, 0) is 25.7 Å². The molecule has 0 aliphatic heterocycles. The molecule has 2 unspecified atom stereocenters. The van der Waals surface area contributed by atoms with Gasteiger partial charge in [0.05, 0.1) is 0 Å². The van der Waals surface area contributed by atoms with Gasteiger partial charge in [-0.05, 0) is 83.0 Å². The standard InChI is InChI=1S/C27H21FS2/c28-23-14-19-8-11-22-24-21(25(22)27(19)30-23)10-7-18-13-20(29-26(18)24)9-5-15-4-6-16-2-1-3-17(16)12-15/h4,6-8,10-14,22,25H,1-3,5,9H2. The van der Waals surface area contributed by atoms with Gasteiger partial charge in [-0.25, -0.2) is 0 Å². The molecule has 0 spiro atoms. The maximum absolute atomic E-state index is 13.8. The van der Waals surface area contributed by atoms with Gasteiger partial charge in [-0.15, -0.1) is 22.7 Å². The van der Waals surface area contributed by atoms with Gasteiger partial charge in [-0.2, -0.15) is 4.39 Å². The van der Waals surface area contributed by atoms with E-state index >= 15 is 0 Å². The minimum atomic E-state index is -0.0650. The lowest BCUT2D eigenvalue weighted by Crippen LogP contribution is -2.25. The van der Waals surface area contributed by atoms with Crippen LogP contribution in [0.1, 0.15) is 61.4 Å². The zero-order chi connectivity index (χ0) is 19.8. The van der Waals surface area contributed by atoms with Crippen molar-refractivity contribution in [2.75, 3.05) is 0 Å². The first-order chi connectivity index (χ1) is 14.7. The number of thiophene rings is 2. The van der Waals surface area contributed by atoms with Gasteiger partial charge in [0, 0.05) is 26.3 Å². The fourth-order valence-electron chi connectivity index (χ4n) is 5.72. The number of aryl methyl sites for hydroxylation is 4. The van der Waals surface area contributed by atoms with Gasteiger partial charge in [0.25, 0.3) is 0 Å². The van der Waals surface area contributed by atoms with Crippen molar-refractivity contribution < 1.29 is 4.39 Å². The molecule has 3 aliphatic rings. The predicted octanol–water partition coefficient (Wildman–Crippen LogP) is 7.63. The van der Waals surface area contributed by atoms with E-state index in [1.165, 1.54) is 67.1 Å². The fourth-order valence-corrected chi connectivity index (χ4v) is 8.02. The molecule has 148 valence electrons. The molecule has 0 fully saturated rings. The maximum Gasteiger partial charge on any atom is 0.177 e. The van der Waals surface area contributed by atoms with Crippen LogP contribution in [0.25, 0.3) is 16.2 Å². The lowest BCUT2D eigenvalue weighted by atomic mass is 9.64. The van der Waals surface area contributed by atoms with Crippen LogP contribution >= 0.6 is 22.7 Å². The van der Waals surface area contributed by atoms with Gasteiger partial charge in [0.2, 0.25) is 0 Å². The van der Waals surface area contributed by atoms with Crippen LogP contribution in [0.15, 0.2) is 48.5 Å². The monoisotopic (exact) mass is 428 g/mol. The molecule has 0 saturated carbocycles. The second-order valence-corrected chi connectivity index (χ2v) is 11.1. The molecule has 0 amide bonds. The molecule has 3 aliphatic carbocycles. The van der Waals surface area contributed by atoms with Crippen molar-refractivity contribution in [3.8, 4) is 0 Å². The SMILES string of the molecule is Fc1cc2c(s1)C1c3ccc4cc(CCc5ccc6c(c5)CCC6)sc4c3C1C=C2. The third-order valence-corrected chi connectivity index (χ3v) is 9.45. The molecule has 2 atom stereocenters. The Bertz CT molecular complexity index is 1350. The van der Waals surface area contributed by atoms with Gasteiger partial charge in [0.15, 0.2) is 5.13 Å². The summed E-state index contributed by atoms with van der Waals surface area (Å²) in [6.07, 6.45) is 10.5. The van der Waals surface area contributed by atoms with E-state index in [0.717, 1.165) is 18.4 Å². The van der Waals surface area contributed by atoms with Gasteiger partial charge < -0.3 is 0 Å². The van der Waals surface area contributed by atoms with E-state index in [0.29, 0.717) is 11.8 Å². The van der Waals surface area contributed by atoms with Gasteiger partial charge >= 0.3 is 0 Å². The molecule has 7 rings (SSSR count). The molecule has 2 heterocycles. The second-order valence-electron chi connectivity index (χ2n) is 8.89. The van der Waals surface area contributed by atoms with Gasteiger partial charge in [-0.1, -0.05) is 42.5 Å². The van der Waals surface area contributed by atoms with Crippen LogP contribution in [0.4, 0.5) is 4.39 Å². The normalized spacial score (nSPS) is 20.6. The predicted molar refractivity (Wildman–Crippen MR) is 126 cm³/mol. The lowest BCUT2D eigenvalue weighted by Gasteiger charge is -2.40. The molecular formula is C27H21FS2. The zero-order valence-electron chi connectivity index (χ0n) is 16.6. The number of fused-ring (bicyclic) bond motifs is 9. The second kappa shape index (κ2) is 6.38. The summed E-state index contributed by atoms with van der Waals surface area (Å²) in [5.41, 5.74) is 8.58. The zero-order valence-corrected chi connectivity index (χ0v) is 18.2. The summed E-state index contributed by atoms with van der Waals surface area (Å²) >= 11 is 3.30. The number of benzene rings is 2. The quantitative estimate of drug-likeness (QED) is 0.315. The topological polar surface area (TPSA) is 0 Å². The first kappa shape index (κ1) is 17.5. The molecule has 2 aromatic heterocycles. The lowest BCUT2D eigenvalue weighted by molar-refractivity contribution is 0.637. The minimum absolute atomic E-state index is 0.0650. The molecule has 0 nitrogen and oxygen atoms in total. The maximum atomic E-state index is 13.8. The Balaban J connectivity index is 1.20. The largest absolute Gasteiger partial charge is 0.195 e. The van der Waals surface area contributed by atoms with E-state index < -0.39 is 0 Å². The molecule has 0 radical (unpaired) electrons. The smallest absolute Gasteiger partial charge is 0.177 e. The van der Waals surface area contributed by atoms with Gasteiger partial charge in [0.1, 0.15) is 0 Å². The molecule has 0 N–H and O–H groups in total. The van der Waals surface area contributed by atoms with Crippen molar-refractivity contribution in [2.24, 2.45) is 0 Å². The van der Waals surface area contributed by atoms with E-state index in [4.69, 9.17) is 0 Å². The van der Waals surface area contributed by atoms with Crippen molar-refractivity contribution in [1.29, 1.82) is 0 Å². The Labute approximate surface area is 183 Å². The first-order valence-electron chi connectivity index (χ1n) is 10.9. The third kappa shape index (κ3) is 2.48. The number of hydrogen-bond acceptors (Lipinski definition) is 2. The van der Waals surface area contributed by atoms with Crippen molar-refractivity contribution >= 4 is 38.8 Å². The van der Waals surface area contributed by atoms with Crippen LogP contribution in [0, 0.1) is 5.13 Å². The highest BCUT2D eigenvalue weighted by molar-refractivity contribution is 7.19.